The average Bonchev–Trinajstić information content (AvgIpc) is 0. The largest absolute Gasteiger partial charge is 3.00 e. The molecule has 0 N–H and O–H groups in total. The second kappa shape index (κ2) is 89.8. The van der Waals surface area contributed by atoms with Crippen molar-refractivity contribution in [2.45, 2.75) is 0 Å². The Hall–Kier alpha value is 2.16. The summed E-state index contributed by atoms with van der Waals surface area (Å²) >= 11 is 0. The summed E-state index contributed by atoms with van der Waals surface area (Å²) in [5.41, 5.74) is 0. The molecule has 1 radical (unpaired) electrons. The summed E-state index contributed by atoms with van der Waals surface area (Å²) in [6.07, 6.45) is 0. The van der Waals surface area contributed by atoms with E-state index in [0.717, 1.165) is 0 Å². The Morgan fingerprint density at radius 1 is 0.429 bits per heavy atom. The maximum atomic E-state index is 0. The third-order valence-corrected chi connectivity index (χ3v) is 0. The number of halogens is 5. The number of hydrogen-bond acceptors (Lipinski definition) is 0. The molecule has 0 aliphatic carbocycles. The molecule has 0 saturated heterocycles. The summed E-state index contributed by atoms with van der Waals surface area (Å²) in [6.45, 7) is 0. The Balaban J connectivity index is 0. The van der Waals surface area contributed by atoms with Crippen molar-refractivity contribution in [3.05, 3.63) is 0 Å². The third-order valence-electron chi connectivity index (χ3n) is 0. The van der Waals surface area contributed by atoms with Gasteiger partial charge in [0.05, 0.1) is 0 Å². The maximum absolute atomic E-state index is 0. The van der Waals surface area contributed by atoms with Gasteiger partial charge in [0.1, 0.15) is 0 Å². The van der Waals surface area contributed by atoms with Crippen LogP contribution in [-0.4, -0.2) is 37.7 Å². The van der Waals surface area contributed by atoms with Crippen molar-refractivity contribution < 1.29 is 60.8 Å². The first kappa shape index (κ1) is 131. The maximum Gasteiger partial charge on any atom is 3.00 e. The molecule has 0 fully saturated rings. The fourth-order valence-electron chi connectivity index (χ4n) is 0. The molecule has 0 aromatic carbocycles. The molecular formula is CaErF5. The van der Waals surface area contributed by atoms with E-state index in [-0.39, 0.29) is 98.6 Å². The Labute approximate surface area is 96.8 Å². The van der Waals surface area contributed by atoms with E-state index < -0.39 is 0 Å². The Kier molecular flexibility index (Phi) is 1680. The molecule has 0 amide bonds. The molecular weight excluding hydrogens is 302 g/mol. The van der Waals surface area contributed by atoms with Gasteiger partial charge in [0.2, 0.25) is 0 Å². The number of hydrogen-bond donors (Lipinski definition) is 0. The van der Waals surface area contributed by atoms with Gasteiger partial charge in [-0.15, -0.1) is 0 Å². The monoisotopic (exact) mass is 301 g/mol. The molecule has 0 spiro atoms. The van der Waals surface area contributed by atoms with Gasteiger partial charge in [0.15, 0.2) is 0 Å². The van der Waals surface area contributed by atoms with Crippen molar-refractivity contribution in [2.24, 2.45) is 0 Å². The van der Waals surface area contributed by atoms with E-state index in [9.17, 15) is 0 Å². The van der Waals surface area contributed by atoms with Crippen LogP contribution in [0.3, 0.4) is 0 Å². The zero-order valence-corrected chi connectivity index (χ0v) is 6.95. The first-order valence-electron chi connectivity index (χ1n) is 0. The van der Waals surface area contributed by atoms with Crippen LogP contribution >= 0.6 is 0 Å². The molecule has 0 saturated carbocycles. The molecule has 0 aliphatic rings. The molecule has 0 aromatic rings. The van der Waals surface area contributed by atoms with Crippen molar-refractivity contribution in [3.8, 4) is 0 Å². The summed E-state index contributed by atoms with van der Waals surface area (Å²) in [5, 5.41) is 0. The minimum atomic E-state index is 0. The molecule has 0 atom stereocenters. The van der Waals surface area contributed by atoms with Crippen LogP contribution in [0.15, 0.2) is 0 Å². The molecule has 7 heteroatoms. The Bertz CT molecular complexity index is 8.04. The van der Waals surface area contributed by atoms with Gasteiger partial charge in [-0.25, -0.2) is 0 Å². The quantitative estimate of drug-likeness (QED) is 0.308. The fourth-order valence-corrected chi connectivity index (χ4v) is 0. The van der Waals surface area contributed by atoms with Gasteiger partial charge in [-0.2, -0.15) is 0 Å². The zero-order chi connectivity index (χ0) is 0. The van der Waals surface area contributed by atoms with Crippen LogP contribution < -0.4 is 23.5 Å². The summed E-state index contributed by atoms with van der Waals surface area (Å²) in [4.78, 5) is 0. The number of rotatable bonds is 0. The second-order valence-electron chi connectivity index (χ2n) is 0. The van der Waals surface area contributed by atoms with E-state index in [2.05, 4.69) is 0 Å². The smallest absolute Gasteiger partial charge is 1.00 e. The van der Waals surface area contributed by atoms with Crippen LogP contribution in [0.25, 0.3) is 0 Å². The predicted octanol–water partition coefficient (Wildman–Crippen LogP) is -15.4. The van der Waals surface area contributed by atoms with Crippen LogP contribution in [0.1, 0.15) is 0 Å². The molecule has 0 aromatic heterocycles. The molecule has 49 valence electrons. The van der Waals surface area contributed by atoms with E-state index in [1.165, 1.54) is 0 Å². The van der Waals surface area contributed by atoms with Crippen molar-refractivity contribution in [1.82, 2.24) is 0 Å². The minimum absolute atomic E-state index is 0. The van der Waals surface area contributed by atoms with Crippen LogP contribution in [0, 0.1) is 37.3 Å². The first-order chi connectivity index (χ1) is 0. The first-order valence-corrected chi connectivity index (χ1v) is 0. The summed E-state index contributed by atoms with van der Waals surface area (Å²) < 4.78 is 0. The molecule has 0 bridgehead atoms. The van der Waals surface area contributed by atoms with Gasteiger partial charge in [-0.05, 0) is 0 Å². The summed E-state index contributed by atoms with van der Waals surface area (Å²) in [7, 11) is 0. The van der Waals surface area contributed by atoms with Crippen molar-refractivity contribution >= 4 is 37.7 Å². The summed E-state index contributed by atoms with van der Waals surface area (Å²) in [5.74, 6) is 0. The van der Waals surface area contributed by atoms with Crippen molar-refractivity contribution in [2.75, 3.05) is 0 Å². The Morgan fingerprint density at radius 2 is 0.429 bits per heavy atom. The predicted molar refractivity (Wildman–Crippen MR) is 5.75 cm³/mol. The molecule has 0 heterocycles. The normalized spacial score (nSPS) is 0. The van der Waals surface area contributed by atoms with Gasteiger partial charge in [-0.3, -0.25) is 0 Å². The van der Waals surface area contributed by atoms with Crippen molar-refractivity contribution in [3.63, 3.8) is 0 Å². The molecule has 0 nitrogen and oxygen atoms in total. The van der Waals surface area contributed by atoms with Gasteiger partial charge in [0, 0.05) is 0 Å². The Morgan fingerprint density at radius 3 is 0.429 bits per heavy atom. The van der Waals surface area contributed by atoms with E-state index in [1.807, 2.05) is 0 Å². The molecule has 0 rings (SSSR count). The molecule has 0 unspecified atom stereocenters. The van der Waals surface area contributed by atoms with Gasteiger partial charge < -0.3 is 23.5 Å². The molecule has 7 heavy (non-hydrogen) atoms. The van der Waals surface area contributed by atoms with Crippen LogP contribution in [0.4, 0.5) is 0 Å². The van der Waals surface area contributed by atoms with Gasteiger partial charge >= 0.3 is 75.0 Å². The van der Waals surface area contributed by atoms with Crippen LogP contribution in [0.2, 0.25) is 0 Å². The second-order valence-corrected chi connectivity index (χ2v) is 0. The van der Waals surface area contributed by atoms with Crippen LogP contribution in [0.5, 0.6) is 0 Å². The summed E-state index contributed by atoms with van der Waals surface area (Å²) in [6, 6.07) is 0. The fraction of sp³-hybridized carbons (Fsp3) is 0. The minimum Gasteiger partial charge on any atom is -1.00 e. The topological polar surface area (TPSA) is 0 Å². The van der Waals surface area contributed by atoms with E-state index >= 15 is 0 Å². The van der Waals surface area contributed by atoms with E-state index in [4.69, 9.17) is 0 Å². The van der Waals surface area contributed by atoms with E-state index in [0.29, 0.717) is 0 Å². The zero-order valence-electron chi connectivity index (χ0n) is 2.89. The van der Waals surface area contributed by atoms with Crippen molar-refractivity contribution in [1.29, 1.82) is 0 Å². The molecule has 0 aliphatic heterocycles. The standard InChI is InChI=1S/Ca.Er.5FH/h;;5*1H/q+2;+3;;;;;/p-5. The SMILES string of the molecule is [Ca+2].[Er+3].[F-].[F-].[F-].[F-].[F-]. The van der Waals surface area contributed by atoms with Gasteiger partial charge in [-0.1, -0.05) is 0 Å². The third kappa shape index (κ3) is 66.5. The average molecular weight is 302 g/mol. The van der Waals surface area contributed by atoms with Crippen LogP contribution in [-0.2, 0) is 0 Å². The van der Waals surface area contributed by atoms with Gasteiger partial charge in [0.25, 0.3) is 0 Å². The van der Waals surface area contributed by atoms with E-state index in [1.54, 1.807) is 0 Å².